The van der Waals surface area contributed by atoms with E-state index in [2.05, 4.69) is 6.92 Å². The van der Waals surface area contributed by atoms with Crippen molar-refractivity contribution in [1.29, 1.82) is 0 Å². The summed E-state index contributed by atoms with van der Waals surface area (Å²) < 4.78 is 40.9. The van der Waals surface area contributed by atoms with E-state index in [4.69, 9.17) is 33.2 Å². The number of methoxy groups -OCH3 is 4. The zero-order valence-electron chi connectivity index (χ0n) is 36.4. The number of carbonyl (C=O) groups excluding carboxylic acids is 3. The fourth-order valence-corrected chi connectivity index (χ4v) is 7.28. The van der Waals surface area contributed by atoms with Crippen LogP contribution in [0.15, 0.2) is 42.0 Å². The van der Waals surface area contributed by atoms with Crippen LogP contribution in [0.4, 0.5) is 15.3 Å². The van der Waals surface area contributed by atoms with Crippen LogP contribution in [0.1, 0.15) is 99.8 Å². The van der Waals surface area contributed by atoms with Crippen molar-refractivity contribution in [3.63, 3.8) is 0 Å². The van der Waals surface area contributed by atoms with E-state index in [1.54, 1.807) is 88.2 Å². The quantitative estimate of drug-likeness (QED) is 0.0745. The Morgan fingerprint density at radius 2 is 1.47 bits per heavy atom. The number of imide groups is 1. The Kier molecular flexibility index (Phi) is 16.9. The summed E-state index contributed by atoms with van der Waals surface area (Å²) in [6, 6.07) is 5.54. The molecule has 7 atom stereocenters. The van der Waals surface area contributed by atoms with Crippen LogP contribution < -0.4 is 4.90 Å². The zero-order chi connectivity index (χ0) is 42.3. The van der Waals surface area contributed by atoms with Crippen molar-refractivity contribution in [1.82, 2.24) is 0 Å². The number of nitrogens with zero attached hydrogens (tertiary/aromatic N) is 1. The Labute approximate surface area is 331 Å². The first-order valence-electron chi connectivity index (χ1n) is 19.0. The van der Waals surface area contributed by atoms with E-state index >= 15 is 0 Å². The molecule has 1 aromatic carbocycles. The van der Waals surface area contributed by atoms with Crippen molar-refractivity contribution < 1.29 is 52.3 Å². The van der Waals surface area contributed by atoms with E-state index in [9.17, 15) is 19.2 Å². The molecule has 13 heteroatoms. The first kappa shape index (κ1) is 48.1. The van der Waals surface area contributed by atoms with E-state index in [1.165, 1.54) is 6.08 Å². The predicted octanol–water partition coefficient (Wildman–Crippen LogP) is 8.71. The molecule has 0 spiro atoms. The number of benzene rings is 1. The lowest BCUT2D eigenvalue weighted by atomic mass is 9.85. The highest BCUT2D eigenvalue weighted by atomic mass is 28.4. The summed E-state index contributed by atoms with van der Waals surface area (Å²) >= 11 is 0. The number of hydrogen-bond acceptors (Lipinski definition) is 11. The van der Waals surface area contributed by atoms with Crippen LogP contribution in [0.5, 0.6) is 0 Å². The molecule has 1 heterocycles. The molecule has 312 valence electrons. The van der Waals surface area contributed by atoms with Crippen LogP contribution in [0, 0.1) is 11.8 Å². The van der Waals surface area contributed by atoms with Gasteiger partial charge in [-0.1, -0.05) is 39.8 Å². The summed E-state index contributed by atoms with van der Waals surface area (Å²) in [5.41, 5.74) is 0.835. The highest BCUT2D eigenvalue weighted by Crippen LogP contribution is 2.41. The van der Waals surface area contributed by atoms with E-state index in [0.717, 1.165) is 21.6 Å². The maximum Gasteiger partial charge on any atom is 0.424 e. The summed E-state index contributed by atoms with van der Waals surface area (Å²) in [5.74, 6) is -0.734. The van der Waals surface area contributed by atoms with Crippen molar-refractivity contribution in [2.75, 3.05) is 33.3 Å². The molecule has 0 saturated carbocycles. The minimum absolute atomic E-state index is 0.148. The van der Waals surface area contributed by atoms with Crippen LogP contribution in [0.2, 0.25) is 18.1 Å². The van der Waals surface area contributed by atoms with Gasteiger partial charge in [0.1, 0.15) is 17.3 Å². The number of ether oxygens (including phenoxy) is 7. The molecule has 0 aromatic heterocycles. The Balaban J connectivity index is 2.64. The average molecular weight is 792 g/mol. The van der Waals surface area contributed by atoms with E-state index in [1.807, 2.05) is 52.9 Å². The van der Waals surface area contributed by atoms with Gasteiger partial charge in [0.25, 0.3) is 0 Å². The lowest BCUT2D eigenvalue weighted by Crippen LogP contribution is -2.44. The van der Waals surface area contributed by atoms with Crippen molar-refractivity contribution in [2.45, 2.75) is 149 Å². The zero-order valence-corrected chi connectivity index (χ0v) is 37.4. The van der Waals surface area contributed by atoms with Gasteiger partial charge < -0.3 is 38.0 Å². The maximum absolute atomic E-state index is 13.8. The van der Waals surface area contributed by atoms with Gasteiger partial charge in [-0.15, -0.1) is 0 Å². The van der Waals surface area contributed by atoms with Crippen molar-refractivity contribution >= 4 is 32.2 Å². The predicted molar refractivity (Wildman–Crippen MR) is 217 cm³/mol. The third-order valence-electron chi connectivity index (χ3n) is 10.1. The second kappa shape index (κ2) is 19.4. The molecule has 0 aliphatic carbocycles. The Bertz CT molecular complexity index is 1490. The third kappa shape index (κ3) is 13.8. The Morgan fingerprint density at radius 3 is 1.93 bits per heavy atom. The molecule has 0 bridgehead atoms. The van der Waals surface area contributed by atoms with Gasteiger partial charge in [-0.25, -0.2) is 14.4 Å². The lowest BCUT2D eigenvalue weighted by Gasteiger charge is -2.36. The average Bonchev–Trinajstić information content (AvgIpc) is 3.02. The molecule has 2 rings (SSSR count). The van der Waals surface area contributed by atoms with Gasteiger partial charge in [-0.2, -0.15) is 4.90 Å². The van der Waals surface area contributed by atoms with Crippen LogP contribution in [-0.2, 0) is 44.4 Å². The number of hydrogen-bond donors (Lipinski definition) is 1. The highest BCUT2D eigenvalue weighted by molar-refractivity contribution is 6.72. The number of cyclic esters (lactones) is 1. The number of esters is 1. The first-order chi connectivity index (χ1) is 25.2. The molecule has 12 nitrogen and oxygen atoms in total. The Hall–Kier alpha value is -3.07. The molecule has 1 aliphatic rings. The third-order valence-corrected chi connectivity index (χ3v) is 13.6. The summed E-state index contributed by atoms with van der Waals surface area (Å²) in [6.45, 7) is 24.2. The van der Waals surface area contributed by atoms with Gasteiger partial charge in [-0.3, -0.25) is 0 Å². The minimum atomic E-state index is -2.68. The molecule has 55 heavy (non-hydrogen) atoms. The second-order valence-corrected chi connectivity index (χ2v) is 22.4. The van der Waals surface area contributed by atoms with Gasteiger partial charge in [0.15, 0.2) is 14.4 Å². The SMILES string of the molecule is COC(c1cc(CC(C)(C)[Si](C)(C)O)cc(N(C(=O)OC(C)(C)C)C(=O)OC(C)(C)C)c1)[C@@H](C)C[C@H](OC)[C@H](OC)[C@@H](C)/C=C(\C)[C@@H]1OC(=O)C=C[C@@H]1OC. The van der Waals surface area contributed by atoms with Crippen LogP contribution in [0.25, 0.3) is 0 Å². The number of anilines is 1. The van der Waals surface area contributed by atoms with Crippen molar-refractivity contribution in [3.8, 4) is 0 Å². The summed E-state index contributed by atoms with van der Waals surface area (Å²) in [6.07, 6.45) is 2.07. The molecule has 0 saturated heterocycles. The van der Waals surface area contributed by atoms with Gasteiger partial charge >= 0.3 is 18.2 Å². The van der Waals surface area contributed by atoms with Gasteiger partial charge in [0.2, 0.25) is 0 Å². The van der Waals surface area contributed by atoms with Gasteiger partial charge in [0.05, 0.1) is 24.0 Å². The van der Waals surface area contributed by atoms with Gasteiger partial charge in [-0.05, 0) is 120 Å². The molecule has 1 aromatic rings. The molecule has 1 N–H and O–H groups in total. The molecule has 1 aliphatic heterocycles. The van der Waals surface area contributed by atoms with Crippen molar-refractivity contribution in [3.05, 3.63) is 53.1 Å². The standard InChI is InChI=1S/C42H69NO11Si/c1-26(20-27(2)37-32(48-12)18-19-34(44)52-37)36(51-15)33(49-13)21-28(3)35(50-14)30-22-29(25-42(10,11)55(16,17)47)23-31(24-30)43(38(45)53-40(4,5)6)39(46)54-41(7,8)9/h18-20,22-24,26,28,32-33,35-37,47H,21,25H2,1-17H3/b27-20+/t26-,28-,32-,33-,35?,36+,37-/m0/s1. The topological polar surface area (TPSA) is 139 Å². The molecule has 1 unspecified atom stereocenters. The fourth-order valence-electron chi connectivity index (χ4n) is 6.64. The van der Waals surface area contributed by atoms with E-state index < -0.39 is 61.0 Å². The monoisotopic (exact) mass is 791 g/mol. The molecule has 0 radical (unpaired) electrons. The Morgan fingerprint density at radius 1 is 0.909 bits per heavy atom. The minimum Gasteiger partial charge on any atom is -0.452 e. The second-order valence-electron chi connectivity index (χ2n) is 17.9. The summed E-state index contributed by atoms with van der Waals surface area (Å²) in [5, 5.41) is -0.468. The largest absolute Gasteiger partial charge is 0.452 e. The van der Waals surface area contributed by atoms with Crippen LogP contribution in [0.3, 0.4) is 0 Å². The van der Waals surface area contributed by atoms with Crippen LogP contribution in [-0.4, -0.2) is 95.3 Å². The first-order valence-corrected chi connectivity index (χ1v) is 21.9. The molecular formula is C42H69NO11Si. The summed E-state index contributed by atoms with van der Waals surface area (Å²) in [4.78, 5) is 51.8. The van der Waals surface area contributed by atoms with Crippen molar-refractivity contribution in [2.24, 2.45) is 11.8 Å². The molecular weight excluding hydrogens is 723 g/mol. The molecule has 0 fully saturated rings. The van der Waals surface area contributed by atoms with Crippen LogP contribution >= 0.6 is 0 Å². The lowest BCUT2D eigenvalue weighted by molar-refractivity contribution is -0.147. The molecule has 2 amide bonds. The van der Waals surface area contributed by atoms with E-state index in [-0.39, 0.29) is 29.7 Å². The fraction of sp³-hybridized carbons (Fsp3) is 0.690. The number of rotatable bonds is 16. The smallest absolute Gasteiger partial charge is 0.424 e. The normalized spacial score (nSPS) is 19.9. The number of amides is 2. The van der Waals surface area contributed by atoms with E-state index in [0.29, 0.717) is 12.8 Å². The van der Waals surface area contributed by atoms with Gasteiger partial charge in [0, 0.05) is 40.4 Å². The summed E-state index contributed by atoms with van der Waals surface area (Å²) in [7, 11) is 3.80. The highest BCUT2D eigenvalue weighted by Gasteiger charge is 2.40. The number of carbonyl (C=O) groups is 3. The maximum atomic E-state index is 13.8.